The van der Waals surface area contributed by atoms with E-state index in [-0.39, 0.29) is 33.9 Å². The number of benzene rings is 2. The molecule has 8 fully saturated rings. The molecule has 7 heteroatoms. The average molecular weight is 634 g/mol. The van der Waals surface area contributed by atoms with Crippen LogP contribution >= 0.6 is 23.2 Å². The van der Waals surface area contributed by atoms with E-state index in [1.165, 1.54) is 12.8 Å². The first-order valence-corrected chi connectivity index (χ1v) is 17.0. The fourth-order valence-corrected chi connectivity index (χ4v) is 11.4. The van der Waals surface area contributed by atoms with Crippen molar-refractivity contribution in [2.45, 2.75) is 93.7 Å². The molecule has 0 spiro atoms. The number of methoxy groups -OCH3 is 1. The van der Waals surface area contributed by atoms with Crippen LogP contribution in [-0.2, 0) is 4.74 Å². The molecule has 10 rings (SSSR count). The number of hydrogen-bond donors (Lipinski definition) is 2. The lowest BCUT2D eigenvalue weighted by molar-refractivity contribution is -0.158. The summed E-state index contributed by atoms with van der Waals surface area (Å²) in [5, 5.41) is 7.88. The van der Waals surface area contributed by atoms with Gasteiger partial charge in [0.25, 0.3) is 11.8 Å². The molecule has 0 aliphatic heterocycles. The summed E-state index contributed by atoms with van der Waals surface area (Å²) in [5.74, 6) is 5.81. The van der Waals surface area contributed by atoms with E-state index in [0.29, 0.717) is 44.8 Å². The topological polar surface area (TPSA) is 67.4 Å². The number of amides is 2. The highest BCUT2D eigenvalue weighted by Crippen LogP contribution is 2.61. The first-order valence-electron chi connectivity index (χ1n) is 16.2. The third-order valence-electron chi connectivity index (χ3n) is 11.7. The molecule has 8 aliphatic rings. The number of carbonyl (C=O) groups is 2. The average Bonchev–Trinajstić information content (AvgIpc) is 2.96. The van der Waals surface area contributed by atoms with Crippen molar-refractivity contribution in [3.63, 3.8) is 0 Å². The van der Waals surface area contributed by atoms with Crippen molar-refractivity contribution < 1.29 is 14.3 Å². The maximum atomic E-state index is 12.7. The number of halogens is 2. The molecule has 2 amide bonds. The molecule has 0 aromatic heterocycles. The van der Waals surface area contributed by atoms with Crippen molar-refractivity contribution in [3.05, 3.63) is 69.7 Å². The predicted octanol–water partition coefficient (Wildman–Crippen LogP) is 7.85. The number of terminal acetylenes is 1. The first kappa shape index (κ1) is 30.2. The van der Waals surface area contributed by atoms with Crippen LogP contribution in [0.1, 0.15) is 97.8 Å². The van der Waals surface area contributed by atoms with Crippen LogP contribution in [0.3, 0.4) is 0 Å². The van der Waals surface area contributed by atoms with Crippen LogP contribution in [0.2, 0.25) is 10.0 Å². The van der Waals surface area contributed by atoms with Crippen molar-refractivity contribution >= 4 is 35.0 Å². The smallest absolute Gasteiger partial charge is 0.251 e. The van der Waals surface area contributed by atoms with Gasteiger partial charge in [-0.2, -0.15) is 0 Å². The Hall–Kier alpha value is -2.52. The highest BCUT2D eigenvalue weighted by Gasteiger charge is 2.59. The highest BCUT2D eigenvalue weighted by atomic mass is 35.5. The molecule has 44 heavy (non-hydrogen) atoms. The van der Waals surface area contributed by atoms with Crippen LogP contribution in [0.15, 0.2) is 48.5 Å². The normalized spacial score (nSPS) is 38.8. The molecule has 8 aliphatic carbocycles. The Morgan fingerprint density at radius 2 is 1.20 bits per heavy atom. The Balaban J connectivity index is 0.000000142. The number of rotatable bonds is 5. The molecule has 4 unspecified atom stereocenters. The molecule has 232 valence electrons. The number of ether oxygens (including phenoxy) is 1. The van der Waals surface area contributed by atoms with E-state index in [2.05, 4.69) is 16.6 Å². The monoisotopic (exact) mass is 632 g/mol. The van der Waals surface area contributed by atoms with Gasteiger partial charge in [0.05, 0.1) is 5.60 Å². The predicted molar refractivity (Wildman–Crippen MR) is 174 cm³/mol. The van der Waals surface area contributed by atoms with Gasteiger partial charge in [0.1, 0.15) is 0 Å². The minimum atomic E-state index is -0.101. The van der Waals surface area contributed by atoms with E-state index in [0.717, 1.165) is 64.2 Å². The van der Waals surface area contributed by atoms with Gasteiger partial charge in [-0.3, -0.25) is 9.59 Å². The third kappa shape index (κ3) is 5.68. The number of hydrogen-bond acceptors (Lipinski definition) is 3. The lowest BCUT2D eigenvalue weighted by Crippen LogP contribution is -2.65. The second-order valence-corrected chi connectivity index (χ2v) is 16.1. The summed E-state index contributed by atoms with van der Waals surface area (Å²) >= 11 is 12.0. The summed E-state index contributed by atoms with van der Waals surface area (Å²) in [6.07, 6.45) is 19.3. The summed E-state index contributed by atoms with van der Waals surface area (Å²) in [7, 11) is 1.83. The molecule has 0 heterocycles. The minimum absolute atomic E-state index is 0.00398. The maximum Gasteiger partial charge on any atom is 0.251 e. The Labute approximate surface area is 271 Å². The van der Waals surface area contributed by atoms with Crippen molar-refractivity contribution in [1.29, 1.82) is 0 Å². The summed E-state index contributed by atoms with van der Waals surface area (Å²) in [4.78, 5) is 25.3. The van der Waals surface area contributed by atoms with Crippen molar-refractivity contribution in [3.8, 4) is 12.3 Å². The molecule has 2 aromatic carbocycles. The van der Waals surface area contributed by atoms with E-state index >= 15 is 0 Å². The van der Waals surface area contributed by atoms with Crippen molar-refractivity contribution in [1.82, 2.24) is 10.6 Å². The van der Waals surface area contributed by atoms with Gasteiger partial charge in [-0.05, 0) is 137 Å². The second-order valence-electron chi connectivity index (χ2n) is 15.2. The zero-order chi connectivity index (χ0) is 30.7. The molecule has 2 aromatic rings. The maximum absolute atomic E-state index is 12.7. The molecule has 0 saturated heterocycles. The first-order chi connectivity index (χ1) is 21.0. The van der Waals surface area contributed by atoms with Crippen LogP contribution in [0, 0.1) is 41.4 Å². The van der Waals surface area contributed by atoms with Gasteiger partial charge in [0.15, 0.2) is 0 Å². The van der Waals surface area contributed by atoms with Gasteiger partial charge in [-0.1, -0.05) is 41.3 Å². The summed E-state index contributed by atoms with van der Waals surface area (Å²) in [6, 6.07) is 14.3. The molecule has 4 atom stereocenters. The van der Waals surface area contributed by atoms with Gasteiger partial charge >= 0.3 is 0 Å². The van der Waals surface area contributed by atoms with Gasteiger partial charge in [-0.15, -0.1) is 6.42 Å². The van der Waals surface area contributed by atoms with Crippen LogP contribution in [0.25, 0.3) is 0 Å². The van der Waals surface area contributed by atoms with Gasteiger partial charge < -0.3 is 15.4 Å². The molecule has 5 nitrogen and oxygen atoms in total. The largest absolute Gasteiger partial charge is 0.378 e. The van der Waals surface area contributed by atoms with E-state index in [9.17, 15) is 9.59 Å². The Morgan fingerprint density at radius 1 is 0.750 bits per heavy atom. The van der Waals surface area contributed by atoms with Crippen LogP contribution < -0.4 is 10.6 Å². The Bertz CT molecular complexity index is 1490. The lowest BCUT2D eigenvalue weighted by atomic mass is 9.47. The number of nitrogens with one attached hydrogen (secondary N) is 2. The SMILES string of the molecule is C#CC12CC3CC(C1)CC(NC(=O)c1cccc(Cl)c1)(C3)C2.COC12CC3CC(CC(NC(=O)c4cccc(Cl)c4)(C3)C1)C2. The Morgan fingerprint density at radius 3 is 1.64 bits per heavy atom. The van der Waals surface area contributed by atoms with Crippen LogP contribution in [0.4, 0.5) is 0 Å². The van der Waals surface area contributed by atoms with E-state index in [1.807, 2.05) is 31.4 Å². The molecular formula is C37H42Cl2N2O3. The zero-order valence-corrected chi connectivity index (χ0v) is 27.0. The van der Waals surface area contributed by atoms with E-state index in [1.54, 1.807) is 24.3 Å². The summed E-state index contributed by atoms with van der Waals surface area (Å²) < 4.78 is 5.91. The molecule has 0 radical (unpaired) electrons. The fraction of sp³-hybridized carbons (Fsp3) is 0.568. The zero-order valence-electron chi connectivity index (χ0n) is 25.5. The fourth-order valence-electron chi connectivity index (χ4n) is 11.0. The van der Waals surface area contributed by atoms with Crippen molar-refractivity contribution in [2.75, 3.05) is 7.11 Å². The standard InChI is InChI=1S/C19H20ClNO.C18H22ClNO2/c1-2-18-8-13-6-14(9-18)11-19(10-13,12-18)21-17(22)15-4-3-5-16(20)7-15;1-22-18-9-12-5-13(10-18)8-17(7-12,11-18)20-16(21)14-3-2-4-15(19)6-14/h1,3-5,7,13-14H,6,8-12H2,(H,21,22);2-4,6,12-13H,5,7-11H2,1H3,(H,20,21). The van der Waals surface area contributed by atoms with Gasteiger partial charge in [0.2, 0.25) is 0 Å². The Kier molecular flexibility index (Phi) is 7.59. The third-order valence-corrected chi connectivity index (χ3v) is 12.2. The van der Waals surface area contributed by atoms with Crippen molar-refractivity contribution in [2.24, 2.45) is 29.1 Å². The summed E-state index contributed by atoms with van der Waals surface area (Å²) in [6.45, 7) is 0. The summed E-state index contributed by atoms with van der Waals surface area (Å²) in [5.41, 5.74) is 1.11. The highest BCUT2D eigenvalue weighted by molar-refractivity contribution is 6.31. The van der Waals surface area contributed by atoms with E-state index < -0.39 is 0 Å². The minimum Gasteiger partial charge on any atom is -0.378 e. The van der Waals surface area contributed by atoms with Gasteiger partial charge in [-0.25, -0.2) is 0 Å². The molecule has 8 saturated carbocycles. The second kappa shape index (κ2) is 11.1. The lowest BCUT2D eigenvalue weighted by Gasteiger charge is -2.61. The van der Waals surface area contributed by atoms with Gasteiger partial charge in [0, 0.05) is 44.8 Å². The van der Waals surface area contributed by atoms with Crippen LogP contribution in [0.5, 0.6) is 0 Å². The molecular weight excluding hydrogens is 591 g/mol. The van der Waals surface area contributed by atoms with E-state index in [4.69, 9.17) is 34.4 Å². The number of carbonyl (C=O) groups excluding carboxylic acids is 2. The van der Waals surface area contributed by atoms with Crippen LogP contribution in [-0.4, -0.2) is 35.6 Å². The molecule has 8 bridgehead atoms. The quantitative estimate of drug-likeness (QED) is 0.330. The molecule has 2 N–H and O–H groups in total.